The second kappa shape index (κ2) is 11.5. The second-order valence-electron chi connectivity index (χ2n) is 5.09. The normalized spacial score (nSPS) is 10.5. The second-order valence-corrected chi connectivity index (χ2v) is 5.53. The number of hydrogen-bond acceptors (Lipinski definition) is 3. The van der Waals surface area contributed by atoms with Crippen LogP contribution < -0.4 is 10.5 Å². The first-order chi connectivity index (χ1) is 10.3. The Morgan fingerprint density at radius 2 is 1.71 bits per heavy atom. The van der Waals surface area contributed by atoms with Gasteiger partial charge in [-0.2, -0.15) is 0 Å². The maximum absolute atomic E-state index is 5.71. The fourth-order valence-corrected chi connectivity index (χ4v) is 2.22. The van der Waals surface area contributed by atoms with Gasteiger partial charge in [-0.05, 0) is 18.6 Å². The molecule has 1 aromatic rings. The molecule has 0 radical (unpaired) electrons. The van der Waals surface area contributed by atoms with E-state index < -0.39 is 0 Å². The van der Waals surface area contributed by atoms with Crippen molar-refractivity contribution in [1.82, 2.24) is 0 Å². The lowest BCUT2D eigenvalue weighted by molar-refractivity contribution is 0.115. The largest absolute Gasteiger partial charge is 0.493 e. The van der Waals surface area contributed by atoms with Crippen LogP contribution >= 0.6 is 12.2 Å². The zero-order valence-electron chi connectivity index (χ0n) is 13.0. The van der Waals surface area contributed by atoms with Gasteiger partial charge in [0, 0.05) is 19.6 Å². The Hall–Kier alpha value is -1.13. The molecule has 0 spiro atoms. The summed E-state index contributed by atoms with van der Waals surface area (Å²) in [5.74, 6) is 0.754. The van der Waals surface area contributed by atoms with Gasteiger partial charge in [0.2, 0.25) is 0 Å². The minimum Gasteiger partial charge on any atom is -0.493 e. The highest BCUT2D eigenvalue weighted by molar-refractivity contribution is 7.80. The van der Waals surface area contributed by atoms with Crippen LogP contribution in [0.2, 0.25) is 0 Å². The molecule has 3 nitrogen and oxygen atoms in total. The maximum atomic E-state index is 5.71. The summed E-state index contributed by atoms with van der Waals surface area (Å²) in [6, 6.07) is 7.60. The fraction of sp³-hybridized carbons (Fsp3) is 0.588. The van der Waals surface area contributed by atoms with Gasteiger partial charge in [-0.1, -0.05) is 57.0 Å². The third-order valence-corrected chi connectivity index (χ3v) is 3.46. The summed E-state index contributed by atoms with van der Waals surface area (Å²) in [5, 5.41) is 0. The number of nitrogens with two attached hydrogens (primary N) is 1. The molecular formula is C17H27NO2S. The molecule has 1 rings (SSSR count). The molecule has 0 unspecified atom stereocenters. The van der Waals surface area contributed by atoms with Gasteiger partial charge in [0.25, 0.3) is 0 Å². The quantitative estimate of drug-likeness (QED) is 0.467. The Balaban J connectivity index is 2.06. The molecule has 21 heavy (non-hydrogen) atoms. The van der Waals surface area contributed by atoms with Gasteiger partial charge in [-0.25, -0.2) is 0 Å². The third kappa shape index (κ3) is 8.02. The van der Waals surface area contributed by atoms with Crippen LogP contribution in [0.5, 0.6) is 5.75 Å². The molecule has 0 heterocycles. The van der Waals surface area contributed by atoms with Crippen LogP contribution in [0.1, 0.15) is 51.0 Å². The molecule has 4 heteroatoms. The van der Waals surface area contributed by atoms with E-state index in [-0.39, 0.29) is 0 Å². The van der Waals surface area contributed by atoms with Crippen molar-refractivity contribution in [2.75, 3.05) is 19.8 Å². The maximum Gasteiger partial charge on any atom is 0.129 e. The van der Waals surface area contributed by atoms with E-state index in [4.69, 9.17) is 27.4 Å². The van der Waals surface area contributed by atoms with Crippen molar-refractivity contribution in [3.63, 3.8) is 0 Å². The van der Waals surface area contributed by atoms with Gasteiger partial charge < -0.3 is 15.2 Å². The Morgan fingerprint density at radius 1 is 1.00 bits per heavy atom. The van der Waals surface area contributed by atoms with E-state index in [9.17, 15) is 0 Å². The number of thiocarbonyl (C=S) groups is 1. The average Bonchev–Trinajstić information content (AvgIpc) is 2.49. The van der Waals surface area contributed by atoms with Gasteiger partial charge in [0.1, 0.15) is 10.7 Å². The predicted molar refractivity (Wildman–Crippen MR) is 92.0 cm³/mol. The van der Waals surface area contributed by atoms with Crippen molar-refractivity contribution in [3.8, 4) is 5.75 Å². The van der Waals surface area contributed by atoms with Crippen LogP contribution in [0.3, 0.4) is 0 Å². The molecule has 118 valence electrons. The van der Waals surface area contributed by atoms with Crippen molar-refractivity contribution < 1.29 is 9.47 Å². The summed E-state index contributed by atoms with van der Waals surface area (Å²) in [4.78, 5) is 0.369. The van der Waals surface area contributed by atoms with E-state index in [1.165, 1.54) is 25.7 Å². The van der Waals surface area contributed by atoms with Crippen LogP contribution in [0.25, 0.3) is 0 Å². The molecule has 0 atom stereocenters. The SMILES string of the molecule is CCCCCCCOCCCOc1ccccc1C(N)=S. The summed E-state index contributed by atoms with van der Waals surface area (Å²) in [5.41, 5.74) is 6.46. The first kappa shape index (κ1) is 17.9. The standard InChI is InChI=1S/C17H27NO2S/c1-2-3-4-5-8-12-19-13-9-14-20-16-11-7-6-10-15(16)17(18)21/h6-7,10-11H,2-5,8-9,12-14H2,1H3,(H2,18,21). The summed E-state index contributed by atoms with van der Waals surface area (Å²) >= 11 is 5.00. The molecule has 0 aliphatic heterocycles. The van der Waals surface area contributed by atoms with Crippen LogP contribution in [0, 0.1) is 0 Å². The lowest BCUT2D eigenvalue weighted by atomic mass is 10.2. The molecule has 0 fully saturated rings. The van der Waals surface area contributed by atoms with Crippen LogP contribution in [-0.4, -0.2) is 24.8 Å². The van der Waals surface area contributed by atoms with E-state index in [2.05, 4.69) is 6.92 Å². The Bertz CT molecular complexity index is 410. The third-order valence-electron chi connectivity index (χ3n) is 3.24. The van der Waals surface area contributed by atoms with Gasteiger partial charge in [0.15, 0.2) is 0 Å². The topological polar surface area (TPSA) is 44.5 Å². The van der Waals surface area contributed by atoms with E-state index in [0.29, 0.717) is 11.6 Å². The van der Waals surface area contributed by atoms with E-state index >= 15 is 0 Å². The zero-order chi connectivity index (χ0) is 15.3. The van der Waals surface area contributed by atoms with Gasteiger partial charge in [0.05, 0.1) is 12.2 Å². The van der Waals surface area contributed by atoms with Crippen molar-refractivity contribution in [2.24, 2.45) is 5.73 Å². The summed E-state index contributed by atoms with van der Waals surface area (Å²) < 4.78 is 11.3. The monoisotopic (exact) mass is 309 g/mol. The molecule has 2 N–H and O–H groups in total. The predicted octanol–water partition coefficient (Wildman–Crippen LogP) is 4.08. The van der Waals surface area contributed by atoms with Crippen LogP contribution in [0.15, 0.2) is 24.3 Å². The molecule has 0 amide bonds. The molecule has 0 aliphatic rings. The van der Waals surface area contributed by atoms with E-state index in [1.54, 1.807) is 0 Å². The molecule has 0 saturated carbocycles. The Labute approximate surface area is 133 Å². The lowest BCUT2D eigenvalue weighted by Crippen LogP contribution is -2.12. The summed E-state index contributed by atoms with van der Waals surface area (Å²) in [6.07, 6.45) is 7.23. The lowest BCUT2D eigenvalue weighted by Gasteiger charge is -2.10. The van der Waals surface area contributed by atoms with E-state index in [0.717, 1.165) is 37.4 Å². The molecule has 0 bridgehead atoms. The smallest absolute Gasteiger partial charge is 0.129 e. The molecule has 1 aromatic carbocycles. The van der Waals surface area contributed by atoms with Crippen LogP contribution in [0.4, 0.5) is 0 Å². The molecular weight excluding hydrogens is 282 g/mol. The zero-order valence-corrected chi connectivity index (χ0v) is 13.8. The van der Waals surface area contributed by atoms with Crippen molar-refractivity contribution in [3.05, 3.63) is 29.8 Å². The number of unbranched alkanes of at least 4 members (excludes halogenated alkanes) is 4. The first-order valence-electron chi connectivity index (χ1n) is 7.85. The molecule has 0 aliphatic carbocycles. The average molecular weight is 309 g/mol. The van der Waals surface area contributed by atoms with Crippen molar-refractivity contribution in [2.45, 2.75) is 45.4 Å². The van der Waals surface area contributed by atoms with Crippen molar-refractivity contribution >= 4 is 17.2 Å². The Kier molecular flexibility index (Phi) is 9.83. The van der Waals surface area contributed by atoms with Crippen LogP contribution in [-0.2, 0) is 4.74 Å². The minimum atomic E-state index is 0.369. The van der Waals surface area contributed by atoms with Gasteiger partial charge in [-0.3, -0.25) is 0 Å². The number of rotatable bonds is 12. The van der Waals surface area contributed by atoms with E-state index in [1.807, 2.05) is 24.3 Å². The molecule has 0 saturated heterocycles. The first-order valence-corrected chi connectivity index (χ1v) is 8.26. The highest BCUT2D eigenvalue weighted by Gasteiger charge is 2.04. The fourth-order valence-electron chi connectivity index (χ4n) is 2.05. The number of ether oxygens (including phenoxy) is 2. The minimum absolute atomic E-state index is 0.369. The van der Waals surface area contributed by atoms with Gasteiger partial charge in [-0.15, -0.1) is 0 Å². The number of hydrogen-bond donors (Lipinski definition) is 1. The molecule has 0 aromatic heterocycles. The van der Waals surface area contributed by atoms with Crippen molar-refractivity contribution in [1.29, 1.82) is 0 Å². The summed E-state index contributed by atoms with van der Waals surface area (Å²) in [7, 11) is 0. The Morgan fingerprint density at radius 3 is 2.48 bits per heavy atom. The summed E-state index contributed by atoms with van der Waals surface area (Å²) in [6.45, 7) is 4.44. The number of benzene rings is 1. The highest BCUT2D eigenvalue weighted by Crippen LogP contribution is 2.17. The number of para-hydroxylation sites is 1. The van der Waals surface area contributed by atoms with Gasteiger partial charge >= 0.3 is 0 Å². The highest BCUT2D eigenvalue weighted by atomic mass is 32.1.